The van der Waals surface area contributed by atoms with Crippen molar-refractivity contribution in [3.63, 3.8) is 0 Å². The zero-order valence-corrected chi connectivity index (χ0v) is 10.7. The fourth-order valence-electron chi connectivity index (χ4n) is 1.58. The first-order valence-corrected chi connectivity index (χ1v) is 7.12. The Hall–Kier alpha value is -1.76. The minimum Gasteiger partial charge on any atom is -0.494 e. The first kappa shape index (κ1) is 12.7. The first-order valence-electron chi connectivity index (χ1n) is 5.63. The Morgan fingerprint density at radius 2 is 2.11 bits per heavy atom. The number of carbonyl (C=O) groups is 1. The van der Waals surface area contributed by atoms with Gasteiger partial charge in [-0.15, -0.1) is 0 Å². The summed E-state index contributed by atoms with van der Waals surface area (Å²) in [6, 6.07) is 3.82. The summed E-state index contributed by atoms with van der Waals surface area (Å²) in [7, 11) is -3.79. The highest BCUT2D eigenvalue weighted by Crippen LogP contribution is 2.28. The lowest BCUT2D eigenvalue weighted by molar-refractivity contribution is 0.256. The van der Waals surface area contributed by atoms with Crippen molar-refractivity contribution in [2.75, 3.05) is 11.9 Å². The molecule has 2 N–H and O–H groups in total. The Balaban J connectivity index is 2.28. The van der Waals surface area contributed by atoms with E-state index in [1.807, 2.05) is 11.6 Å². The topological polar surface area (TPSA) is 84.5 Å². The maximum absolute atomic E-state index is 11.7. The molecule has 0 saturated carbocycles. The Morgan fingerprint density at radius 1 is 1.33 bits per heavy atom. The van der Waals surface area contributed by atoms with Crippen molar-refractivity contribution in [1.29, 1.82) is 0 Å². The van der Waals surface area contributed by atoms with Gasteiger partial charge < -0.3 is 10.1 Å². The lowest BCUT2D eigenvalue weighted by Gasteiger charge is -2.19. The zero-order chi connectivity index (χ0) is 13.2. The molecule has 1 aromatic rings. The van der Waals surface area contributed by atoms with E-state index in [0.717, 1.165) is 12.8 Å². The number of fused-ring (bicyclic) bond motifs is 1. The third-order valence-electron chi connectivity index (χ3n) is 2.48. The summed E-state index contributed by atoms with van der Waals surface area (Å²) < 4.78 is 30.8. The van der Waals surface area contributed by atoms with Gasteiger partial charge in [0.25, 0.3) is 10.0 Å². The van der Waals surface area contributed by atoms with Crippen molar-refractivity contribution in [2.45, 2.75) is 24.7 Å². The molecule has 0 aliphatic carbocycles. The van der Waals surface area contributed by atoms with Crippen LogP contribution in [0.4, 0.5) is 10.5 Å². The second-order valence-corrected chi connectivity index (χ2v) is 5.57. The summed E-state index contributed by atoms with van der Waals surface area (Å²) in [4.78, 5) is 11.1. The van der Waals surface area contributed by atoms with Crippen LogP contribution in [0.15, 0.2) is 23.1 Å². The molecule has 0 spiro atoms. The van der Waals surface area contributed by atoms with E-state index < -0.39 is 16.1 Å². The molecule has 6 nitrogen and oxygen atoms in total. The Morgan fingerprint density at radius 3 is 2.83 bits per heavy atom. The van der Waals surface area contributed by atoms with Gasteiger partial charge in [0.15, 0.2) is 0 Å². The zero-order valence-electron chi connectivity index (χ0n) is 9.89. The minimum absolute atomic E-state index is 0.0242. The van der Waals surface area contributed by atoms with Crippen LogP contribution in [0, 0.1) is 0 Å². The van der Waals surface area contributed by atoms with E-state index in [1.54, 1.807) is 6.07 Å². The molecule has 0 unspecified atom stereocenters. The Labute approximate surface area is 105 Å². The molecule has 2 amide bonds. The third kappa shape index (κ3) is 2.56. The van der Waals surface area contributed by atoms with Gasteiger partial charge in [-0.1, -0.05) is 13.3 Å². The second kappa shape index (κ2) is 4.85. The average Bonchev–Trinajstić information content (AvgIpc) is 2.29. The molecule has 0 bridgehead atoms. The summed E-state index contributed by atoms with van der Waals surface area (Å²) in [6.45, 7) is 2.58. The number of hydrogen-bond acceptors (Lipinski definition) is 4. The minimum atomic E-state index is -3.79. The van der Waals surface area contributed by atoms with Gasteiger partial charge in [0.2, 0.25) is 0 Å². The fraction of sp³-hybridized carbons (Fsp3) is 0.364. The largest absolute Gasteiger partial charge is 0.494 e. The molecule has 1 aliphatic rings. The van der Waals surface area contributed by atoms with Gasteiger partial charge in [-0.05, 0) is 18.6 Å². The van der Waals surface area contributed by atoms with E-state index >= 15 is 0 Å². The van der Waals surface area contributed by atoms with Gasteiger partial charge >= 0.3 is 6.03 Å². The summed E-state index contributed by atoms with van der Waals surface area (Å²) in [5.41, 5.74) is 0.265. The molecule has 18 heavy (non-hydrogen) atoms. The van der Waals surface area contributed by atoms with E-state index in [9.17, 15) is 13.2 Å². The lowest BCUT2D eigenvalue weighted by Crippen LogP contribution is -2.39. The summed E-state index contributed by atoms with van der Waals surface area (Å²) in [6.07, 6.45) is 1.90. The Kier molecular flexibility index (Phi) is 3.42. The highest BCUT2D eigenvalue weighted by Gasteiger charge is 2.27. The number of carbonyl (C=O) groups excluding carboxylic acids is 1. The van der Waals surface area contributed by atoms with Crippen LogP contribution >= 0.6 is 0 Å². The van der Waals surface area contributed by atoms with Gasteiger partial charge in [-0.25, -0.2) is 17.9 Å². The number of sulfonamides is 1. The summed E-state index contributed by atoms with van der Waals surface area (Å²) in [5.74, 6) is 0.476. The van der Waals surface area contributed by atoms with Gasteiger partial charge in [0, 0.05) is 6.07 Å². The number of benzene rings is 1. The number of hydrogen-bond donors (Lipinski definition) is 2. The quantitative estimate of drug-likeness (QED) is 0.815. The highest BCUT2D eigenvalue weighted by molar-refractivity contribution is 7.90. The van der Waals surface area contributed by atoms with E-state index in [0.29, 0.717) is 12.4 Å². The second-order valence-electron chi connectivity index (χ2n) is 3.92. The van der Waals surface area contributed by atoms with Crippen LogP contribution in [0.3, 0.4) is 0 Å². The first-order chi connectivity index (χ1) is 8.53. The number of anilines is 1. The van der Waals surface area contributed by atoms with E-state index in [4.69, 9.17) is 4.74 Å². The van der Waals surface area contributed by atoms with Gasteiger partial charge in [0.1, 0.15) is 10.6 Å². The van der Waals surface area contributed by atoms with Crippen LogP contribution in [0.25, 0.3) is 0 Å². The van der Waals surface area contributed by atoms with Gasteiger partial charge in [0.05, 0.1) is 12.3 Å². The number of rotatable bonds is 4. The predicted octanol–water partition coefficient (Wildman–Crippen LogP) is 1.69. The molecular weight excluding hydrogens is 256 g/mol. The van der Waals surface area contributed by atoms with Crippen molar-refractivity contribution in [2.24, 2.45) is 0 Å². The van der Waals surface area contributed by atoms with Crippen molar-refractivity contribution in [3.8, 4) is 5.75 Å². The van der Waals surface area contributed by atoms with E-state index in [-0.39, 0.29) is 10.6 Å². The van der Waals surface area contributed by atoms with Crippen LogP contribution < -0.4 is 14.8 Å². The molecule has 0 saturated heterocycles. The van der Waals surface area contributed by atoms with Gasteiger partial charge in [-0.3, -0.25) is 0 Å². The third-order valence-corrected chi connectivity index (χ3v) is 3.86. The maximum Gasteiger partial charge on any atom is 0.333 e. The summed E-state index contributed by atoms with van der Waals surface area (Å²) in [5, 5.41) is 2.43. The number of ether oxygens (including phenoxy) is 1. The van der Waals surface area contributed by atoms with Crippen LogP contribution in [0.5, 0.6) is 5.75 Å². The molecular formula is C11H14N2O4S. The molecule has 0 aromatic heterocycles. The van der Waals surface area contributed by atoms with Gasteiger partial charge in [-0.2, -0.15) is 0 Å². The smallest absolute Gasteiger partial charge is 0.333 e. The molecule has 0 atom stereocenters. The predicted molar refractivity (Wildman–Crippen MR) is 66.2 cm³/mol. The average molecular weight is 270 g/mol. The summed E-state index contributed by atoms with van der Waals surface area (Å²) >= 11 is 0. The highest BCUT2D eigenvalue weighted by atomic mass is 32.2. The molecule has 7 heteroatoms. The Bertz CT molecular complexity index is 568. The van der Waals surface area contributed by atoms with E-state index in [2.05, 4.69) is 5.32 Å². The number of unbranched alkanes of at least 4 members (excludes halogenated alkanes) is 1. The number of amides is 2. The fourth-order valence-corrected chi connectivity index (χ4v) is 2.66. The van der Waals surface area contributed by atoms with Crippen molar-refractivity contribution < 1.29 is 17.9 Å². The van der Waals surface area contributed by atoms with Crippen LogP contribution in [-0.4, -0.2) is 21.1 Å². The standard InChI is InChI=1S/C11H14N2O4S/c1-2-3-6-17-8-4-5-9-10(7-8)18(15,16)13-11(14)12-9/h4-5,7H,2-3,6H2,1H3,(H2,12,13,14). The molecule has 0 fully saturated rings. The molecule has 1 heterocycles. The van der Waals surface area contributed by atoms with Crippen LogP contribution in [-0.2, 0) is 10.0 Å². The molecule has 2 rings (SSSR count). The monoisotopic (exact) mass is 270 g/mol. The van der Waals surface area contributed by atoms with Crippen molar-refractivity contribution in [3.05, 3.63) is 18.2 Å². The van der Waals surface area contributed by atoms with Crippen LogP contribution in [0.2, 0.25) is 0 Å². The van der Waals surface area contributed by atoms with E-state index in [1.165, 1.54) is 12.1 Å². The maximum atomic E-state index is 11.7. The lowest BCUT2D eigenvalue weighted by atomic mass is 10.3. The molecule has 1 aliphatic heterocycles. The number of urea groups is 1. The number of nitrogens with one attached hydrogen (secondary N) is 2. The molecule has 1 aromatic carbocycles. The SMILES string of the molecule is CCCCOc1ccc2c(c1)S(=O)(=O)NC(=O)N2. The molecule has 98 valence electrons. The van der Waals surface area contributed by atoms with Crippen molar-refractivity contribution >= 4 is 21.7 Å². The van der Waals surface area contributed by atoms with Crippen molar-refractivity contribution in [1.82, 2.24) is 4.72 Å². The molecule has 0 radical (unpaired) electrons. The van der Waals surface area contributed by atoms with Crippen LogP contribution in [0.1, 0.15) is 19.8 Å². The normalized spacial score (nSPS) is 16.4.